The molecule has 0 heterocycles. The van der Waals surface area contributed by atoms with Crippen LogP contribution in [0.4, 0.5) is 0 Å². The number of allylic oxidation sites excluding steroid dienone is 16. The summed E-state index contributed by atoms with van der Waals surface area (Å²) < 4.78 is 10.6. The predicted octanol–water partition coefficient (Wildman–Crippen LogP) is 14.1. The number of rotatable bonds is 38. The van der Waals surface area contributed by atoms with Gasteiger partial charge in [-0.25, -0.2) is 0 Å². The third-order valence-corrected chi connectivity index (χ3v) is 8.87. The summed E-state index contributed by atoms with van der Waals surface area (Å²) in [5.41, 5.74) is 0. The van der Waals surface area contributed by atoms with Gasteiger partial charge in [0.25, 0.3) is 0 Å². The zero-order valence-electron chi connectivity index (χ0n) is 34.7. The molecule has 0 aromatic carbocycles. The first-order valence-corrected chi connectivity index (χ1v) is 21.8. The van der Waals surface area contributed by atoms with Crippen molar-refractivity contribution in [2.24, 2.45) is 0 Å². The lowest BCUT2D eigenvalue weighted by Gasteiger charge is -2.15. The summed E-state index contributed by atoms with van der Waals surface area (Å²) in [5.74, 6) is -0.648. The lowest BCUT2D eigenvalue weighted by Crippen LogP contribution is -2.28. The summed E-state index contributed by atoms with van der Waals surface area (Å²) in [5, 5.41) is 9.58. The molecule has 0 spiro atoms. The van der Waals surface area contributed by atoms with Crippen molar-refractivity contribution in [2.45, 2.75) is 187 Å². The van der Waals surface area contributed by atoms with E-state index < -0.39 is 6.10 Å². The maximum absolute atomic E-state index is 12.2. The van der Waals surface area contributed by atoms with Gasteiger partial charge in [-0.1, -0.05) is 175 Å². The van der Waals surface area contributed by atoms with E-state index in [4.69, 9.17) is 9.47 Å². The van der Waals surface area contributed by atoms with E-state index in [1.807, 2.05) is 0 Å². The number of hydrogen-bond donors (Lipinski definition) is 1. The molecule has 0 aromatic heterocycles. The minimum atomic E-state index is -0.795. The van der Waals surface area contributed by atoms with Crippen LogP contribution in [0, 0.1) is 0 Å². The molecular formula is C49H80O5. The Hall–Kier alpha value is -3.18. The van der Waals surface area contributed by atoms with Crippen molar-refractivity contribution in [3.8, 4) is 0 Å². The molecule has 0 aromatic rings. The van der Waals surface area contributed by atoms with E-state index in [1.165, 1.54) is 64.2 Å². The molecule has 0 saturated carbocycles. The average molecular weight is 749 g/mol. The Kier molecular flexibility index (Phi) is 41.6. The summed E-state index contributed by atoms with van der Waals surface area (Å²) in [4.78, 5) is 24.3. The molecule has 0 fully saturated rings. The van der Waals surface area contributed by atoms with E-state index in [2.05, 4.69) is 111 Å². The third kappa shape index (κ3) is 41.6. The van der Waals surface area contributed by atoms with Gasteiger partial charge in [-0.15, -0.1) is 0 Å². The van der Waals surface area contributed by atoms with Crippen molar-refractivity contribution in [1.29, 1.82) is 0 Å². The average Bonchev–Trinajstić information content (AvgIpc) is 3.17. The number of unbranched alkanes of at least 4 members (excludes halogenated alkanes) is 14. The first kappa shape index (κ1) is 50.8. The number of aliphatic hydroxyl groups is 1. The summed E-state index contributed by atoms with van der Waals surface area (Å²) in [6.45, 7) is 3.86. The van der Waals surface area contributed by atoms with E-state index in [9.17, 15) is 14.7 Å². The number of aliphatic hydroxyl groups excluding tert-OH is 1. The number of hydrogen-bond acceptors (Lipinski definition) is 5. The summed E-state index contributed by atoms with van der Waals surface area (Å²) in [7, 11) is 0. The van der Waals surface area contributed by atoms with E-state index in [-0.39, 0.29) is 25.2 Å². The van der Waals surface area contributed by atoms with Gasteiger partial charge < -0.3 is 14.6 Å². The van der Waals surface area contributed by atoms with Crippen LogP contribution < -0.4 is 0 Å². The van der Waals surface area contributed by atoms with Crippen LogP contribution >= 0.6 is 0 Å². The van der Waals surface area contributed by atoms with Gasteiger partial charge in [-0.3, -0.25) is 9.59 Å². The fourth-order valence-corrected chi connectivity index (χ4v) is 5.65. The maximum Gasteiger partial charge on any atom is 0.306 e. The number of esters is 2. The molecule has 1 atom stereocenters. The van der Waals surface area contributed by atoms with E-state index in [1.54, 1.807) is 0 Å². The van der Waals surface area contributed by atoms with Crippen molar-refractivity contribution in [1.82, 2.24) is 0 Å². The third-order valence-electron chi connectivity index (χ3n) is 8.87. The second-order valence-electron chi connectivity index (χ2n) is 14.0. The minimum absolute atomic E-state index is 0.0933. The van der Waals surface area contributed by atoms with Crippen LogP contribution in [-0.4, -0.2) is 36.4 Å². The van der Waals surface area contributed by atoms with Crippen molar-refractivity contribution < 1.29 is 24.2 Å². The number of carbonyl (C=O) groups is 2. The van der Waals surface area contributed by atoms with Crippen molar-refractivity contribution in [3.05, 3.63) is 97.2 Å². The van der Waals surface area contributed by atoms with Gasteiger partial charge in [0.1, 0.15) is 6.61 Å². The molecule has 1 unspecified atom stereocenters. The Morgan fingerprint density at radius 2 is 0.741 bits per heavy atom. The molecule has 0 aliphatic rings. The first-order chi connectivity index (χ1) is 26.6. The monoisotopic (exact) mass is 749 g/mol. The zero-order chi connectivity index (χ0) is 39.3. The fourth-order valence-electron chi connectivity index (χ4n) is 5.65. The molecule has 0 saturated heterocycles. The zero-order valence-corrected chi connectivity index (χ0v) is 34.7. The molecular weight excluding hydrogens is 669 g/mol. The minimum Gasteiger partial charge on any atom is -0.462 e. The SMILES string of the molecule is CC/C=C\C/C=C\C/C=C\C/C=C\CCCCCCCCCCCCCCC(=O)OC(CO)COC(=O)CCCC/C=C\C/C=C\C/C=C\C/C=C\CC. The second kappa shape index (κ2) is 44.2. The van der Waals surface area contributed by atoms with Crippen LogP contribution in [-0.2, 0) is 19.1 Å². The van der Waals surface area contributed by atoms with E-state index in [0.29, 0.717) is 12.8 Å². The molecule has 54 heavy (non-hydrogen) atoms. The van der Waals surface area contributed by atoms with Crippen LogP contribution in [0.3, 0.4) is 0 Å². The highest BCUT2D eigenvalue weighted by Gasteiger charge is 2.16. The smallest absolute Gasteiger partial charge is 0.306 e. The molecule has 0 aliphatic heterocycles. The van der Waals surface area contributed by atoms with Crippen molar-refractivity contribution in [3.63, 3.8) is 0 Å². The largest absolute Gasteiger partial charge is 0.462 e. The summed E-state index contributed by atoms with van der Waals surface area (Å²) in [6, 6.07) is 0. The van der Waals surface area contributed by atoms with Crippen LogP contribution in [0.5, 0.6) is 0 Å². The predicted molar refractivity (Wildman–Crippen MR) is 232 cm³/mol. The highest BCUT2D eigenvalue weighted by molar-refractivity contribution is 5.70. The van der Waals surface area contributed by atoms with Gasteiger partial charge in [-0.05, 0) is 89.9 Å². The standard InChI is InChI=1S/C49H80O5/c1-3-5-7-9-11-13-15-17-19-20-21-22-23-24-25-26-27-28-30-32-34-36-38-40-42-44-49(52)54-47(45-50)46-53-48(51)43-41-39-37-35-33-31-29-18-16-14-12-10-8-6-4-2/h5-8,11-14,17-19,21-22,29,33,35,47,50H,3-4,9-10,15-16,20,23-28,30-32,34,36-46H2,1-2H3/b7-5-,8-6-,13-11-,14-12-,19-17-,22-21-,29-18-,35-33-. The quantitative estimate of drug-likeness (QED) is 0.0387. The molecule has 0 rings (SSSR count). The number of ether oxygens (including phenoxy) is 2. The van der Waals surface area contributed by atoms with Gasteiger partial charge in [0.2, 0.25) is 0 Å². The Balaban J connectivity index is 3.59. The van der Waals surface area contributed by atoms with E-state index in [0.717, 1.165) is 89.9 Å². The topological polar surface area (TPSA) is 72.8 Å². The van der Waals surface area contributed by atoms with Gasteiger partial charge in [0.05, 0.1) is 6.61 Å². The summed E-state index contributed by atoms with van der Waals surface area (Å²) in [6.07, 6.45) is 62.0. The molecule has 306 valence electrons. The molecule has 0 bridgehead atoms. The van der Waals surface area contributed by atoms with Gasteiger partial charge in [-0.2, -0.15) is 0 Å². The lowest BCUT2D eigenvalue weighted by atomic mass is 10.0. The Morgan fingerprint density at radius 1 is 0.426 bits per heavy atom. The summed E-state index contributed by atoms with van der Waals surface area (Å²) >= 11 is 0. The van der Waals surface area contributed by atoms with Crippen molar-refractivity contribution >= 4 is 11.9 Å². The van der Waals surface area contributed by atoms with Gasteiger partial charge >= 0.3 is 11.9 Å². The van der Waals surface area contributed by atoms with Gasteiger partial charge in [0.15, 0.2) is 6.10 Å². The Labute approximate surface area is 332 Å². The van der Waals surface area contributed by atoms with Gasteiger partial charge in [0, 0.05) is 12.8 Å². The van der Waals surface area contributed by atoms with E-state index >= 15 is 0 Å². The maximum atomic E-state index is 12.2. The highest BCUT2D eigenvalue weighted by Crippen LogP contribution is 2.14. The fraction of sp³-hybridized carbons (Fsp3) is 0.633. The molecule has 1 N–H and O–H groups in total. The Morgan fingerprint density at radius 3 is 1.15 bits per heavy atom. The molecule has 0 amide bonds. The highest BCUT2D eigenvalue weighted by atomic mass is 16.6. The van der Waals surface area contributed by atoms with Crippen molar-refractivity contribution in [2.75, 3.05) is 13.2 Å². The van der Waals surface area contributed by atoms with Crippen LogP contribution in [0.15, 0.2) is 97.2 Å². The normalized spacial score (nSPS) is 13.2. The molecule has 0 aliphatic carbocycles. The van der Waals surface area contributed by atoms with Crippen LogP contribution in [0.1, 0.15) is 181 Å². The second-order valence-corrected chi connectivity index (χ2v) is 14.0. The first-order valence-electron chi connectivity index (χ1n) is 21.8. The van der Waals surface area contributed by atoms with Crippen LogP contribution in [0.25, 0.3) is 0 Å². The number of carbonyl (C=O) groups excluding carboxylic acids is 2. The van der Waals surface area contributed by atoms with Crippen LogP contribution in [0.2, 0.25) is 0 Å². The Bertz CT molecular complexity index is 1070. The molecule has 0 radical (unpaired) electrons. The molecule has 5 nitrogen and oxygen atoms in total. The lowest BCUT2D eigenvalue weighted by molar-refractivity contribution is -0.161. The molecule has 5 heteroatoms.